The summed E-state index contributed by atoms with van der Waals surface area (Å²) in [4.78, 5) is 25.0. The number of ketones is 2. The van der Waals surface area contributed by atoms with Crippen molar-refractivity contribution in [2.45, 2.75) is 18.0 Å². The number of carbonyl (C=O) groups is 2. The molecule has 0 saturated carbocycles. The lowest BCUT2D eigenvalue weighted by molar-refractivity contribution is -0.359. The Morgan fingerprint density at radius 3 is 1.75 bits per heavy atom. The lowest BCUT2D eigenvalue weighted by Crippen LogP contribution is -2.50. The largest absolute Gasteiger partial charge is 0.507 e. The van der Waals surface area contributed by atoms with Gasteiger partial charge in [0.15, 0.2) is 11.6 Å². The van der Waals surface area contributed by atoms with Gasteiger partial charge < -0.3 is 10.8 Å². The van der Waals surface area contributed by atoms with Crippen molar-refractivity contribution in [2.24, 2.45) is 0 Å². The molecule has 28 heavy (non-hydrogen) atoms. The third-order valence-corrected chi connectivity index (χ3v) is 4.31. The normalized spacial score (nSPS) is 14.7. The van der Waals surface area contributed by atoms with E-state index in [-0.39, 0.29) is 17.2 Å². The van der Waals surface area contributed by atoms with Crippen LogP contribution in [0, 0.1) is 0 Å². The summed E-state index contributed by atoms with van der Waals surface area (Å²) >= 11 is 0. The Morgan fingerprint density at radius 2 is 1.29 bits per heavy atom. The second-order valence-corrected chi connectivity index (χ2v) is 5.96. The number of phenols is 1. The Labute approximate surface area is 151 Å². The van der Waals surface area contributed by atoms with Gasteiger partial charge in [-0.15, -0.1) is 0 Å². The zero-order valence-corrected chi connectivity index (χ0v) is 13.4. The van der Waals surface area contributed by atoms with Gasteiger partial charge in [0.05, 0.1) is 22.4 Å². The first kappa shape index (κ1) is 19.6. The summed E-state index contributed by atoms with van der Waals surface area (Å²) in [5.74, 6) is -16.1. The Kier molecular flexibility index (Phi) is 3.99. The number of carbonyl (C=O) groups excluding carboxylic acids is 2. The van der Waals surface area contributed by atoms with Gasteiger partial charge in [0.25, 0.3) is 0 Å². The number of alkyl halides is 7. The smallest absolute Gasteiger partial charge is 0.460 e. The van der Waals surface area contributed by atoms with E-state index in [1.807, 2.05) is 0 Å². The quantitative estimate of drug-likeness (QED) is 0.382. The van der Waals surface area contributed by atoms with Crippen molar-refractivity contribution in [3.8, 4) is 5.75 Å². The maximum atomic E-state index is 14.1. The molecule has 4 nitrogen and oxygen atoms in total. The number of nitrogen functional groups attached to an aromatic ring is 1. The molecule has 0 aromatic heterocycles. The number of hydrogen-bond acceptors (Lipinski definition) is 4. The van der Waals surface area contributed by atoms with Crippen LogP contribution in [0.2, 0.25) is 0 Å². The zero-order valence-electron chi connectivity index (χ0n) is 13.4. The van der Waals surface area contributed by atoms with Crippen molar-refractivity contribution in [1.82, 2.24) is 0 Å². The average Bonchev–Trinajstić information content (AvgIpc) is 2.60. The van der Waals surface area contributed by atoms with Crippen LogP contribution in [0.4, 0.5) is 36.4 Å². The van der Waals surface area contributed by atoms with Gasteiger partial charge in [0.1, 0.15) is 5.75 Å². The van der Waals surface area contributed by atoms with Gasteiger partial charge >= 0.3 is 18.0 Å². The van der Waals surface area contributed by atoms with Gasteiger partial charge in [-0.2, -0.15) is 30.7 Å². The third kappa shape index (κ3) is 2.38. The first-order chi connectivity index (χ1) is 12.7. The highest BCUT2D eigenvalue weighted by Gasteiger charge is 2.74. The van der Waals surface area contributed by atoms with Crippen molar-refractivity contribution < 1.29 is 45.4 Å². The molecule has 2 aromatic rings. The van der Waals surface area contributed by atoms with Crippen molar-refractivity contribution >= 4 is 17.3 Å². The highest BCUT2D eigenvalue weighted by atomic mass is 19.4. The number of anilines is 1. The number of halogens is 7. The Balaban J connectivity index is 2.32. The molecule has 3 rings (SSSR count). The van der Waals surface area contributed by atoms with Crippen LogP contribution in [-0.2, 0) is 5.92 Å². The number of hydrogen-bond donors (Lipinski definition) is 2. The van der Waals surface area contributed by atoms with Gasteiger partial charge in [-0.05, 0) is 6.07 Å². The summed E-state index contributed by atoms with van der Waals surface area (Å²) in [6.07, 6.45) is -6.65. The molecule has 0 unspecified atom stereocenters. The standard InChI is InChI=1S/C17H8F7NO3/c18-15(19,16(20,21)17(22,23)24)8-5-9(26)10-11(12(8)25)14(28)7-4-2-1-3-6(7)13(10)27/h1-5,26H,25H2. The fourth-order valence-electron chi connectivity index (χ4n) is 2.91. The molecular formula is C17H8F7NO3. The summed E-state index contributed by atoms with van der Waals surface area (Å²) in [6.45, 7) is 0. The van der Waals surface area contributed by atoms with Crippen LogP contribution in [-0.4, -0.2) is 28.8 Å². The number of rotatable bonds is 2. The van der Waals surface area contributed by atoms with Gasteiger partial charge in [0.2, 0.25) is 0 Å². The molecule has 1 aliphatic rings. The van der Waals surface area contributed by atoms with Crippen LogP contribution in [0.25, 0.3) is 0 Å². The molecule has 0 spiro atoms. The molecule has 0 radical (unpaired) electrons. The molecule has 2 aromatic carbocycles. The maximum absolute atomic E-state index is 14.1. The lowest BCUT2D eigenvalue weighted by Gasteiger charge is -2.30. The van der Waals surface area contributed by atoms with E-state index in [1.165, 1.54) is 18.2 Å². The minimum atomic E-state index is -6.65. The number of aromatic hydroxyl groups is 1. The molecule has 0 heterocycles. The molecule has 0 aliphatic heterocycles. The molecule has 0 bridgehead atoms. The SMILES string of the molecule is Nc1c(C(F)(F)C(F)(F)C(F)(F)F)cc(O)c2c1C(=O)c1ccccc1C2=O. The second kappa shape index (κ2) is 5.69. The van der Waals surface area contributed by atoms with Crippen molar-refractivity contribution in [3.05, 3.63) is 58.1 Å². The lowest BCUT2D eigenvalue weighted by atomic mass is 9.80. The summed E-state index contributed by atoms with van der Waals surface area (Å²) < 4.78 is 92.4. The van der Waals surface area contributed by atoms with Crippen molar-refractivity contribution in [3.63, 3.8) is 0 Å². The highest BCUT2D eigenvalue weighted by Crippen LogP contribution is 2.54. The fraction of sp³-hybridized carbons (Fsp3) is 0.176. The van der Waals surface area contributed by atoms with E-state index in [1.54, 1.807) is 0 Å². The predicted octanol–water partition coefficient (Wildman–Crippen LogP) is 4.04. The molecule has 0 fully saturated rings. The molecule has 0 atom stereocenters. The van der Waals surface area contributed by atoms with E-state index in [9.17, 15) is 45.4 Å². The molecule has 148 valence electrons. The fourth-order valence-corrected chi connectivity index (χ4v) is 2.91. The summed E-state index contributed by atoms with van der Waals surface area (Å²) in [7, 11) is 0. The topological polar surface area (TPSA) is 80.4 Å². The monoisotopic (exact) mass is 407 g/mol. The summed E-state index contributed by atoms with van der Waals surface area (Å²) in [5.41, 5.74) is -0.672. The minimum absolute atomic E-state index is 0.160. The van der Waals surface area contributed by atoms with Gasteiger partial charge in [-0.25, -0.2) is 0 Å². The number of phenolic OH excluding ortho intramolecular Hbond substituents is 1. The molecule has 11 heteroatoms. The predicted molar refractivity (Wildman–Crippen MR) is 80.7 cm³/mol. The Hall–Kier alpha value is -3.11. The van der Waals surface area contributed by atoms with Crippen LogP contribution in [0.5, 0.6) is 5.75 Å². The van der Waals surface area contributed by atoms with Crippen molar-refractivity contribution in [1.29, 1.82) is 0 Å². The first-order valence-electron chi connectivity index (χ1n) is 7.40. The minimum Gasteiger partial charge on any atom is -0.507 e. The number of nitrogens with two attached hydrogens (primary N) is 1. The van der Waals surface area contributed by atoms with Gasteiger partial charge in [0, 0.05) is 11.1 Å². The van der Waals surface area contributed by atoms with Gasteiger partial charge in [-0.1, -0.05) is 24.3 Å². The zero-order chi connectivity index (χ0) is 21.2. The van der Waals surface area contributed by atoms with E-state index in [0.29, 0.717) is 0 Å². The highest BCUT2D eigenvalue weighted by molar-refractivity contribution is 6.31. The first-order valence-corrected chi connectivity index (χ1v) is 7.40. The average molecular weight is 407 g/mol. The van der Waals surface area contributed by atoms with Crippen LogP contribution < -0.4 is 5.73 Å². The summed E-state index contributed by atoms with van der Waals surface area (Å²) in [5, 5.41) is 9.92. The third-order valence-electron chi connectivity index (χ3n) is 4.31. The van der Waals surface area contributed by atoms with Crippen LogP contribution in [0.15, 0.2) is 30.3 Å². The van der Waals surface area contributed by atoms with Crippen LogP contribution in [0.3, 0.4) is 0 Å². The second-order valence-electron chi connectivity index (χ2n) is 5.96. The van der Waals surface area contributed by atoms with E-state index >= 15 is 0 Å². The van der Waals surface area contributed by atoms with Crippen LogP contribution >= 0.6 is 0 Å². The molecule has 3 N–H and O–H groups in total. The Bertz CT molecular complexity index is 1030. The maximum Gasteiger partial charge on any atom is 0.460 e. The molecule has 0 saturated heterocycles. The van der Waals surface area contributed by atoms with Crippen LogP contribution in [0.1, 0.15) is 37.4 Å². The van der Waals surface area contributed by atoms with Crippen molar-refractivity contribution in [2.75, 3.05) is 5.73 Å². The van der Waals surface area contributed by atoms with E-state index in [0.717, 1.165) is 6.07 Å². The molecular weight excluding hydrogens is 399 g/mol. The van der Waals surface area contributed by atoms with Gasteiger partial charge in [-0.3, -0.25) is 9.59 Å². The van der Waals surface area contributed by atoms with E-state index < -0.39 is 57.7 Å². The number of benzene rings is 2. The van der Waals surface area contributed by atoms with E-state index in [2.05, 4.69) is 0 Å². The summed E-state index contributed by atoms with van der Waals surface area (Å²) in [6, 6.07) is 4.81. The van der Waals surface area contributed by atoms with E-state index in [4.69, 9.17) is 5.73 Å². The Morgan fingerprint density at radius 1 is 0.821 bits per heavy atom. The number of fused-ring (bicyclic) bond motifs is 2. The molecule has 0 amide bonds. The molecule has 1 aliphatic carbocycles.